The third kappa shape index (κ3) is 3.40. The molecule has 0 spiro atoms. The molecule has 1 aromatic rings. The predicted molar refractivity (Wildman–Crippen MR) is 90.0 cm³/mol. The van der Waals surface area contributed by atoms with E-state index in [1.807, 2.05) is 4.90 Å². The summed E-state index contributed by atoms with van der Waals surface area (Å²) in [7, 11) is 0. The Bertz CT molecular complexity index is 691. The van der Waals surface area contributed by atoms with Crippen LogP contribution in [0, 0.1) is 10.1 Å². The molecule has 25 heavy (non-hydrogen) atoms. The minimum atomic E-state index is -0.552. The quantitative estimate of drug-likeness (QED) is 0.491. The van der Waals surface area contributed by atoms with Gasteiger partial charge in [0.1, 0.15) is 0 Å². The van der Waals surface area contributed by atoms with Crippen molar-refractivity contribution in [2.75, 3.05) is 18.1 Å². The second-order valence-electron chi connectivity index (χ2n) is 6.46. The molecule has 1 aromatic carbocycles. The number of benzene rings is 1. The third-order valence-corrected chi connectivity index (χ3v) is 4.96. The number of amides is 2. The van der Waals surface area contributed by atoms with E-state index in [0.29, 0.717) is 6.42 Å². The van der Waals surface area contributed by atoms with E-state index in [4.69, 9.17) is 0 Å². The zero-order valence-corrected chi connectivity index (χ0v) is 13.8. The summed E-state index contributed by atoms with van der Waals surface area (Å²) in [6, 6.07) is 5.12. The molecule has 0 aromatic heterocycles. The smallest absolute Gasteiger partial charge is 0.271 e. The highest BCUT2D eigenvalue weighted by Crippen LogP contribution is 2.31. The minimum Gasteiger partial charge on any atom is -0.396 e. The van der Waals surface area contributed by atoms with E-state index in [0.717, 1.165) is 30.7 Å². The molecule has 2 saturated heterocycles. The number of imide groups is 1. The fourth-order valence-corrected chi connectivity index (χ4v) is 3.78. The molecular weight excluding hydrogens is 326 g/mol. The Kier molecular flexibility index (Phi) is 5.10. The number of anilines is 1. The van der Waals surface area contributed by atoms with Crippen LogP contribution < -0.4 is 4.90 Å². The van der Waals surface area contributed by atoms with Gasteiger partial charge in [0.15, 0.2) is 0 Å². The zero-order chi connectivity index (χ0) is 18.0. The molecule has 1 N–H and O–H groups in total. The second kappa shape index (κ2) is 7.28. The van der Waals surface area contributed by atoms with Crippen LogP contribution in [0.2, 0.25) is 0 Å². The molecule has 0 radical (unpaired) electrons. The first-order valence-electron chi connectivity index (χ1n) is 8.51. The molecule has 134 valence electrons. The highest BCUT2D eigenvalue weighted by molar-refractivity contribution is 6.22. The van der Waals surface area contributed by atoms with Gasteiger partial charge in [-0.1, -0.05) is 12.5 Å². The lowest BCUT2D eigenvalue weighted by Crippen LogP contribution is -2.50. The molecule has 2 amide bonds. The Labute approximate surface area is 145 Å². The van der Waals surface area contributed by atoms with Gasteiger partial charge in [-0.15, -0.1) is 0 Å². The molecule has 2 fully saturated rings. The minimum absolute atomic E-state index is 0.0462. The van der Waals surface area contributed by atoms with E-state index in [1.54, 1.807) is 0 Å². The molecule has 8 heteroatoms. The Morgan fingerprint density at radius 2 is 2.08 bits per heavy atom. The van der Waals surface area contributed by atoms with Crippen LogP contribution in [0.15, 0.2) is 24.3 Å². The van der Waals surface area contributed by atoms with Crippen molar-refractivity contribution in [2.45, 2.75) is 44.2 Å². The first kappa shape index (κ1) is 17.5. The van der Waals surface area contributed by atoms with Crippen molar-refractivity contribution in [3.05, 3.63) is 34.4 Å². The molecule has 0 saturated carbocycles. The van der Waals surface area contributed by atoms with E-state index in [2.05, 4.69) is 0 Å². The van der Waals surface area contributed by atoms with Crippen LogP contribution in [-0.2, 0) is 9.59 Å². The van der Waals surface area contributed by atoms with Gasteiger partial charge >= 0.3 is 0 Å². The molecule has 3 rings (SSSR count). The van der Waals surface area contributed by atoms with Crippen LogP contribution >= 0.6 is 0 Å². The van der Waals surface area contributed by atoms with Crippen molar-refractivity contribution in [1.29, 1.82) is 0 Å². The second-order valence-corrected chi connectivity index (χ2v) is 6.46. The van der Waals surface area contributed by atoms with Crippen molar-refractivity contribution in [3.8, 4) is 0 Å². The van der Waals surface area contributed by atoms with Crippen LogP contribution in [0.1, 0.15) is 32.1 Å². The Morgan fingerprint density at radius 1 is 1.28 bits per heavy atom. The van der Waals surface area contributed by atoms with E-state index in [9.17, 15) is 24.8 Å². The maximum atomic E-state index is 12.9. The maximum absolute atomic E-state index is 12.9. The number of nitro groups is 1. The number of rotatable bonds is 5. The number of piperidine rings is 1. The van der Waals surface area contributed by atoms with E-state index in [1.165, 1.54) is 24.3 Å². The fraction of sp³-hybridized carbons (Fsp3) is 0.529. The van der Waals surface area contributed by atoms with Crippen LogP contribution in [0.4, 0.5) is 11.4 Å². The molecule has 0 aliphatic carbocycles. The van der Waals surface area contributed by atoms with Crippen LogP contribution in [0.25, 0.3) is 0 Å². The summed E-state index contributed by atoms with van der Waals surface area (Å²) < 4.78 is 0. The summed E-state index contributed by atoms with van der Waals surface area (Å²) in [5.74, 6) is -0.681. The molecule has 2 atom stereocenters. The average molecular weight is 347 g/mol. The van der Waals surface area contributed by atoms with Crippen molar-refractivity contribution in [2.24, 2.45) is 0 Å². The summed E-state index contributed by atoms with van der Waals surface area (Å²) in [5.41, 5.74) is 0.0834. The normalized spacial score (nSPS) is 24.8. The third-order valence-electron chi connectivity index (χ3n) is 4.96. The summed E-state index contributed by atoms with van der Waals surface area (Å²) in [6.07, 6.45) is 3.55. The first-order chi connectivity index (χ1) is 12.0. The number of carbonyl (C=O) groups excluding carboxylic acids is 2. The molecule has 0 bridgehead atoms. The predicted octanol–water partition coefficient (Wildman–Crippen LogP) is 1.46. The van der Waals surface area contributed by atoms with Gasteiger partial charge in [-0.25, -0.2) is 4.90 Å². The monoisotopic (exact) mass is 347 g/mol. The lowest BCUT2D eigenvalue weighted by molar-refractivity contribution is -0.384. The van der Waals surface area contributed by atoms with Gasteiger partial charge in [-0.05, 0) is 31.9 Å². The number of hydrogen-bond donors (Lipinski definition) is 1. The lowest BCUT2D eigenvalue weighted by Gasteiger charge is -2.38. The summed E-state index contributed by atoms with van der Waals surface area (Å²) >= 11 is 0. The van der Waals surface area contributed by atoms with Crippen LogP contribution in [0.3, 0.4) is 0 Å². The van der Waals surface area contributed by atoms with Gasteiger partial charge < -0.3 is 5.11 Å². The number of non-ortho nitro benzene ring substituents is 1. The molecule has 2 heterocycles. The number of nitrogens with zero attached hydrogens (tertiary/aromatic N) is 3. The van der Waals surface area contributed by atoms with Gasteiger partial charge in [-0.3, -0.25) is 24.6 Å². The Balaban J connectivity index is 1.84. The van der Waals surface area contributed by atoms with Gasteiger partial charge in [0.25, 0.3) is 11.6 Å². The van der Waals surface area contributed by atoms with E-state index in [-0.39, 0.29) is 42.3 Å². The lowest BCUT2D eigenvalue weighted by atomic mass is 9.97. The molecule has 2 aliphatic heterocycles. The van der Waals surface area contributed by atoms with Crippen LogP contribution in [0.5, 0.6) is 0 Å². The Morgan fingerprint density at radius 3 is 2.80 bits per heavy atom. The highest BCUT2D eigenvalue weighted by Gasteiger charge is 2.45. The van der Waals surface area contributed by atoms with E-state index >= 15 is 0 Å². The van der Waals surface area contributed by atoms with Crippen molar-refractivity contribution >= 4 is 23.2 Å². The van der Waals surface area contributed by atoms with Gasteiger partial charge in [0, 0.05) is 24.8 Å². The largest absolute Gasteiger partial charge is 0.396 e. The SMILES string of the molecule is O=C1C[C@@H](N2CCCC[C@@H]2CCO)C(=O)N1c1cccc([N+](=O)[O-])c1. The number of aliphatic hydroxyl groups is 1. The topological polar surface area (TPSA) is 104 Å². The fourth-order valence-electron chi connectivity index (χ4n) is 3.78. The molecule has 2 aliphatic rings. The first-order valence-corrected chi connectivity index (χ1v) is 8.51. The number of aliphatic hydroxyl groups excluding tert-OH is 1. The average Bonchev–Trinajstić information content (AvgIpc) is 2.90. The number of nitro benzene ring substituents is 1. The van der Waals surface area contributed by atoms with E-state index < -0.39 is 11.0 Å². The van der Waals surface area contributed by atoms with Gasteiger partial charge in [0.2, 0.25) is 5.91 Å². The molecule has 0 unspecified atom stereocenters. The zero-order valence-electron chi connectivity index (χ0n) is 13.8. The van der Waals surface area contributed by atoms with Gasteiger partial charge in [-0.2, -0.15) is 0 Å². The van der Waals surface area contributed by atoms with Crippen molar-refractivity contribution in [1.82, 2.24) is 4.90 Å². The van der Waals surface area contributed by atoms with Crippen molar-refractivity contribution < 1.29 is 19.6 Å². The van der Waals surface area contributed by atoms with Crippen molar-refractivity contribution in [3.63, 3.8) is 0 Å². The summed E-state index contributed by atoms with van der Waals surface area (Å²) in [4.78, 5) is 38.8. The highest BCUT2D eigenvalue weighted by atomic mass is 16.6. The summed E-state index contributed by atoms with van der Waals surface area (Å²) in [5, 5.41) is 20.2. The molecular formula is C17H21N3O5. The summed E-state index contributed by atoms with van der Waals surface area (Å²) in [6.45, 7) is 0.766. The number of likely N-dealkylation sites (tertiary alicyclic amines) is 1. The standard InChI is InChI=1S/C17H21N3O5/c21-9-7-12-4-1-2-8-18(12)15-11-16(22)19(17(15)23)13-5-3-6-14(10-13)20(24)25/h3,5-6,10,12,15,21H,1-2,4,7-9,11H2/t12-,15-/m1/s1. The molecule has 8 nitrogen and oxygen atoms in total. The van der Waals surface area contributed by atoms with Crippen LogP contribution in [-0.4, -0.2) is 52.0 Å². The Hall–Kier alpha value is -2.32. The number of carbonyl (C=O) groups is 2. The number of hydrogen-bond acceptors (Lipinski definition) is 6. The maximum Gasteiger partial charge on any atom is 0.271 e. The van der Waals surface area contributed by atoms with Gasteiger partial charge in [0.05, 0.1) is 23.1 Å².